The van der Waals surface area contributed by atoms with Gasteiger partial charge in [-0.15, -0.1) is 0 Å². The lowest BCUT2D eigenvalue weighted by Crippen LogP contribution is -2.56. The zero-order chi connectivity index (χ0) is 22.9. The number of benzene rings is 1. The molecule has 0 radical (unpaired) electrons. The Morgan fingerprint density at radius 1 is 1.06 bits per heavy atom. The van der Waals surface area contributed by atoms with Crippen molar-refractivity contribution in [2.75, 3.05) is 32.7 Å². The molecule has 2 fully saturated rings. The van der Waals surface area contributed by atoms with E-state index in [-0.39, 0.29) is 17.9 Å². The zero-order valence-corrected chi connectivity index (χ0v) is 20.1. The maximum atomic E-state index is 13.6. The van der Waals surface area contributed by atoms with Crippen LogP contribution in [-0.4, -0.2) is 73.2 Å². The van der Waals surface area contributed by atoms with Crippen molar-refractivity contribution in [1.29, 1.82) is 5.26 Å². The van der Waals surface area contributed by atoms with E-state index in [4.69, 9.17) is 0 Å². The summed E-state index contributed by atoms with van der Waals surface area (Å²) in [5, 5.41) is 9.45. The van der Waals surface area contributed by atoms with Crippen LogP contribution in [0.4, 0.5) is 0 Å². The van der Waals surface area contributed by atoms with Crippen LogP contribution in [0.3, 0.4) is 0 Å². The Kier molecular flexibility index (Phi) is 7.09. The van der Waals surface area contributed by atoms with Gasteiger partial charge in [0.25, 0.3) is 0 Å². The molecule has 8 heteroatoms. The summed E-state index contributed by atoms with van der Waals surface area (Å²) in [7, 11) is -3.76. The van der Waals surface area contributed by atoms with Crippen molar-refractivity contribution in [2.24, 2.45) is 5.92 Å². The Bertz CT molecular complexity index is 952. The van der Waals surface area contributed by atoms with Crippen LogP contribution >= 0.6 is 0 Å². The number of carbonyl (C=O) groups is 1. The van der Waals surface area contributed by atoms with Crippen molar-refractivity contribution in [3.8, 4) is 6.07 Å². The van der Waals surface area contributed by atoms with Crippen molar-refractivity contribution < 1.29 is 13.2 Å². The fourth-order valence-corrected chi connectivity index (χ4v) is 7.12. The van der Waals surface area contributed by atoms with Gasteiger partial charge in [-0.2, -0.15) is 9.57 Å². The fraction of sp³-hybridized carbons (Fsp3) is 0.652. The first-order chi connectivity index (χ1) is 14.6. The largest absolute Gasteiger partial charge is 0.339 e. The van der Waals surface area contributed by atoms with Crippen LogP contribution in [0.5, 0.6) is 0 Å². The number of hydrogen-bond acceptors (Lipinski definition) is 5. The van der Waals surface area contributed by atoms with Crippen LogP contribution in [0, 0.1) is 38.0 Å². The van der Waals surface area contributed by atoms with Crippen molar-refractivity contribution >= 4 is 15.9 Å². The average Bonchev–Trinajstić information content (AvgIpc) is 3.18. The predicted molar refractivity (Wildman–Crippen MR) is 120 cm³/mol. The summed E-state index contributed by atoms with van der Waals surface area (Å²) in [4.78, 5) is 17.6. The van der Waals surface area contributed by atoms with Crippen molar-refractivity contribution in [2.45, 2.75) is 64.4 Å². The van der Waals surface area contributed by atoms with Crippen LogP contribution in [0.2, 0.25) is 0 Å². The van der Waals surface area contributed by atoms with Gasteiger partial charge in [0.1, 0.15) is 12.1 Å². The van der Waals surface area contributed by atoms with E-state index in [0.29, 0.717) is 50.5 Å². The summed E-state index contributed by atoms with van der Waals surface area (Å²) in [6, 6.07) is 5.32. The number of nitriles is 1. The van der Waals surface area contributed by atoms with E-state index >= 15 is 0 Å². The third-order valence-electron chi connectivity index (χ3n) is 6.44. The van der Waals surface area contributed by atoms with Crippen LogP contribution in [0.25, 0.3) is 0 Å². The summed E-state index contributed by atoms with van der Waals surface area (Å²) in [6.45, 7) is 12.3. The highest BCUT2D eigenvalue weighted by Gasteiger charge is 2.42. The minimum Gasteiger partial charge on any atom is -0.339 e. The Morgan fingerprint density at radius 2 is 1.65 bits per heavy atom. The van der Waals surface area contributed by atoms with E-state index in [0.717, 1.165) is 16.7 Å². The lowest BCUT2D eigenvalue weighted by atomic mass is 10.0. The predicted octanol–water partition coefficient (Wildman–Crippen LogP) is 2.46. The molecule has 3 rings (SSSR count). The van der Waals surface area contributed by atoms with Gasteiger partial charge in [-0.3, -0.25) is 9.69 Å². The molecule has 2 aliphatic heterocycles. The molecule has 1 aromatic rings. The van der Waals surface area contributed by atoms with E-state index in [9.17, 15) is 18.5 Å². The second kappa shape index (κ2) is 9.27. The Morgan fingerprint density at radius 3 is 2.16 bits per heavy atom. The van der Waals surface area contributed by atoms with Crippen LogP contribution in [0.15, 0.2) is 17.0 Å². The monoisotopic (exact) mass is 446 g/mol. The molecule has 1 aromatic carbocycles. The lowest BCUT2D eigenvalue weighted by Gasteiger charge is -2.39. The van der Waals surface area contributed by atoms with Gasteiger partial charge in [0.15, 0.2) is 0 Å². The smallest absolute Gasteiger partial charge is 0.244 e. The van der Waals surface area contributed by atoms with Gasteiger partial charge >= 0.3 is 0 Å². The molecule has 2 saturated heterocycles. The molecule has 1 amide bonds. The first-order valence-electron chi connectivity index (χ1n) is 11.1. The highest BCUT2D eigenvalue weighted by molar-refractivity contribution is 7.89. The molecular weight excluding hydrogens is 412 g/mol. The summed E-state index contributed by atoms with van der Waals surface area (Å²) >= 11 is 0. The van der Waals surface area contributed by atoms with Crippen LogP contribution in [-0.2, 0) is 14.8 Å². The second-order valence-electron chi connectivity index (χ2n) is 9.18. The minimum atomic E-state index is -3.76. The van der Waals surface area contributed by atoms with Gasteiger partial charge in [0.05, 0.1) is 11.0 Å². The van der Waals surface area contributed by atoms with Crippen molar-refractivity contribution in [3.63, 3.8) is 0 Å². The summed E-state index contributed by atoms with van der Waals surface area (Å²) in [5.74, 6) is 0.116. The maximum Gasteiger partial charge on any atom is 0.244 e. The van der Waals surface area contributed by atoms with Gasteiger partial charge < -0.3 is 4.90 Å². The molecular formula is C23H34N4O3S. The third-order valence-corrected chi connectivity index (χ3v) is 8.66. The summed E-state index contributed by atoms with van der Waals surface area (Å²) in [6.07, 6.45) is 1.23. The molecule has 0 aromatic heterocycles. The van der Waals surface area contributed by atoms with E-state index in [1.807, 2.05) is 46.8 Å². The lowest BCUT2D eigenvalue weighted by molar-refractivity contribution is -0.136. The molecule has 2 atom stereocenters. The van der Waals surface area contributed by atoms with Gasteiger partial charge in [-0.05, 0) is 50.7 Å². The number of amides is 1. The number of aryl methyl sites for hydroxylation is 3. The van der Waals surface area contributed by atoms with E-state index in [1.54, 1.807) is 4.90 Å². The SMILES string of the molecule is Cc1cc(C)c(S(=O)(=O)N2CCCC2C(=O)N2CCN(C(C#N)C(C)C)CC2)c(C)c1. The molecule has 31 heavy (non-hydrogen) atoms. The molecule has 170 valence electrons. The molecule has 0 N–H and O–H groups in total. The zero-order valence-electron chi connectivity index (χ0n) is 19.3. The number of hydrogen-bond donors (Lipinski definition) is 0. The summed E-state index contributed by atoms with van der Waals surface area (Å²) in [5.41, 5.74) is 2.47. The number of rotatable bonds is 5. The van der Waals surface area contributed by atoms with Gasteiger partial charge in [0, 0.05) is 32.7 Å². The normalized spacial score (nSPS) is 22.0. The van der Waals surface area contributed by atoms with Crippen LogP contribution < -0.4 is 0 Å². The molecule has 7 nitrogen and oxygen atoms in total. The first kappa shape index (κ1) is 23.7. The Hall–Kier alpha value is -1.95. The topological polar surface area (TPSA) is 84.7 Å². The number of sulfonamides is 1. The van der Waals surface area contributed by atoms with Gasteiger partial charge in [0.2, 0.25) is 15.9 Å². The molecule has 2 unspecified atom stereocenters. The highest BCUT2D eigenvalue weighted by atomic mass is 32.2. The summed E-state index contributed by atoms with van der Waals surface area (Å²) < 4.78 is 28.5. The van der Waals surface area contributed by atoms with E-state index < -0.39 is 16.1 Å². The Balaban J connectivity index is 1.77. The van der Waals surface area contributed by atoms with Crippen molar-refractivity contribution in [1.82, 2.24) is 14.1 Å². The minimum absolute atomic E-state index is 0.110. The van der Waals surface area contributed by atoms with Crippen LogP contribution in [0.1, 0.15) is 43.4 Å². The molecule has 2 aliphatic rings. The third kappa shape index (κ3) is 4.64. The van der Waals surface area contributed by atoms with Gasteiger partial charge in [-0.1, -0.05) is 31.5 Å². The molecule has 0 aliphatic carbocycles. The molecule has 0 spiro atoms. The Labute approximate surface area is 186 Å². The molecule has 0 bridgehead atoms. The number of piperazine rings is 1. The van der Waals surface area contributed by atoms with E-state index in [1.165, 1.54) is 4.31 Å². The number of carbonyl (C=O) groups excluding carboxylic acids is 1. The molecule has 2 heterocycles. The van der Waals surface area contributed by atoms with E-state index in [2.05, 4.69) is 11.0 Å². The average molecular weight is 447 g/mol. The quantitative estimate of drug-likeness (QED) is 0.694. The standard InChI is InChI=1S/C23H34N4O3S/c1-16(2)21(15-24)25-9-11-26(12-10-25)23(28)20-7-6-8-27(20)31(29,30)22-18(4)13-17(3)14-19(22)5/h13-14,16,20-21H,6-12H2,1-5H3. The maximum absolute atomic E-state index is 13.6. The first-order valence-corrected chi connectivity index (χ1v) is 12.5. The number of nitrogens with zero attached hydrogens (tertiary/aromatic N) is 4. The van der Waals surface area contributed by atoms with Crippen molar-refractivity contribution in [3.05, 3.63) is 28.8 Å². The molecule has 0 saturated carbocycles. The second-order valence-corrected chi connectivity index (χ2v) is 11.0. The fourth-order valence-electron chi connectivity index (χ4n) is 5.05. The highest BCUT2D eigenvalue weighted by Crippen LogP contribution is 2.31. The van der Waals surface area contributed by atoms with Gasteiger partial charge in [-0.25, -0.2) is 8.42 Å².